The van der Waals surface area contributed by atoms with Crippen molar-refractivity contribution in [2.45, 2.75) is 13.0 Å². The Morgan fingerprint density at radius 2 is 1.64 bits per heavy atom. The van der Waals surface area contributed by atoms with Crippen molar-refractivity contribution in [3.63, 3.8) is 0 Å². The van der Waals surface area contributed by atoms with Crippen LogP contribution in [0.5, 0.6) is 0 Å². The van der Waals surface area contributed by atoms with E-state index in [4.69, 9.17) is 0 Å². The fourth-order valence-electron chi connectivity index (χ4n) is 3.24. The van der Waals surface area contributed by atoms with Crippen molar-refractivity contribution < 1.29 is 18.4 Å². The summed E-state index contributed by atoms with van der Waals surface area (Å²) in [4.78, 5) is 29.9. The van der Waals surface area contributed by atoms with Gasteiger partial charge in [-0.15, -0.1) is 0 Å². The lowest BCUT2D eigenvalue weighted by atomic mass is 10.0. The van der Waals surface area contributed by atoms with Crippen LogP contribution in [0.1, 0.15) is 39.2 Å². The van der Waals surface area contributed by atoms with Crippen LogP contribution in [0, 0.1) is 11.6 Å². The monoisotopic (exact) mass is 338 g/mol. The molecule has 0 saturated carbocycles. The van der Waals surface area contributed by atoms with Gasteiger partial charge in [-0.3, -0.25) is 19.5 Å². The molecule has 1 aliphatic rings. The number of rotatable bonds is 2. The predicted octanol–water partition coefficient (Wildman–Crippen LogP) is 3.87. The van der Waals surface area contributed by atoms with E-state index in [1.54, 1.807) is 18.2 Å². The topological polar surface area (TPSA) is 50.3 Å². The fourth-order valence-corrected chi connectivity index (χ4v) is 3.24. The maximum absolute atomic E-state index is 14.9. The Balaban J connectivity index is 1.85. The summed E-state index contributed by atoms with van der Waals surface area (Å²) in [7, 11) is 0. The third kappa shape index (κ3) is 2.14. The van der Waals surface area contributed by atoms with Gasteiger partial charge in [0.15, 0.2) is 0 Å². The molecule has 1 aromatic heterocycles. The Morgan fingerprint density at radius 3 is 2.28 bits per heavy atom. The summed E-state index contributed by atoms with van der Waals surface area (Å²) in [6, 6.07) is 9.38. The number of halogens is 2. The molecule has 0 spiro atoms. The van der Waals surface area contributed by atoms with Crippen LogP contribution in [0.25, 0.3) is 10.9 Å². The Bertz CT molecular complexity index is 1010. The molecule has 2 aromatic carbocycles. The molecule has 1 aliphatic heterocycles. The Labute approximate surface area is 141 Å². The molecule has 1 atom stereocenters. The first-order valence-corrected chi connectivity index (χ1v) is 7.70. The number of hydrogen-bond donors (Lipinski definition) is 0. The van der Waals surface area contributed by atoms with E-state index in [1.807, 2.05) is 0 Å². The van der Waals surface area contributed by atoms with Crippen molar-refractivity contribution in [2.24, 2.45) is 0 Å². The fraction of sp³-hybridized carbons (Fsp3) is 0.105. The molecule has 0 fully saturated rings. The molecule has 6 heteroatoms. The lowest BCUT2D eigenvalue weighted by Gasteiger charge is -2.24. The van der Waals surface area contributed by atoms with E-state index in [9.17, 15) is 18.4 Å². The van der Waals surface area contributed by atoms with Gasteiger partial charge < -0.3 is 0 Å². The normalized spacial score (nSPS) is 14.9. The smallest absolute Gasteiger partial charge is 0.262 e. The molecule has 0 bridgehead atoms. The van der Waals surface area contributed by atoms with Gasteiger partial charge in [-0.05, 0) is 31.2 Å². The number of amides is 2. The number of imide groups is 1. The van der Waals surface area contributed by atoms with Crippen LogP contribution in [0.15, 0.2) is 48.7 Å². The first-order chi connectivity index (χ1) is 12.0. The van der Waals surface area contributed by atoms with Crippen molar-refractivity contribution in [3.05, 3.63) is 77.0 Å². The van der Waals surface area contributed by atoms with Crippen LogP contribution < -0.4 is 0 Å². The highest BCUT2D eigenvalue weighted by Gasteiger charge is 2.40. The highest BCUT2D eigenvalue weighted by atomic mass is 19.1. The largest absolute Gasteiger partial charge is 0.269 e. The predicted molar refractivity (Wildman–Crippen MR) is 87.0 cm³/mol. The van der Waals surface area contributed by atoms with Gasteiger partial charge in [0.2, 0.25) is 0 Å². The maximum atomic E-state index is 14.9. The summed E-state index contributed by atoms with van der Waals surface area (Å²) < 4.78 is 29.4. The van der Waals surface area contributed by atoms with Crippen molar-refractivity contribution in [2.75, 3.05) is 0 Å². The minimum atomic E-state index is -1.09. The summed E-state index contributed by atoms with van der Waals surface area (Å²) in [5, 5.41) is 0.141. The number of hydrogen-bond acceptors (Lipinski definition) is 3. The zero-order valence-electron chi connectivity index (χ0n) is 13.2. The second-order valence-electron chi connectivity index (χ2n) is 5.86. The van der Waals surface area contributed by atoms with E-state index in [1.165, 1.54) is 31.3 Å². The summed E-state index contributed by atoms with van der Waals surface area (Å²) in [5.41, 5.74) is 0.330. The van der Waals surface area contributed by atoms with Crippen molar-refractivity contribution in [1.82, 2.24) is 9.88 Å². The van der Waals surface area contributed by atoms with Gasteiger partial charge in [-0.25, -0.2) is 8.78 Å². The molecule has 0 saturated heterocycles. The number of benzene rings is 2. The molecular weight excluding hydrogens is 326 g/mol. The van der Waals surface area contributed by atoms with Crippen LogP contribution in [0.3, 0.4) is 0 Å². The highest BCUT2D eigenvalue weighted by molar-refractivity contribution is 6.21. The number of aromatic nitrogens is 1. The van der Waals surface area contributed by atoms with E-state index in [0.29, 0.717) is 0 Å². The lowest BCUT2D eigenvalue weighted by molar-refractivity contribution is 0.0591. The summed E-state index contributed by atoms with van der Waals surface area (Å²) in [6.07, 6.45) is 1.44. The van der Waals surface area contributed by atoms with Crippen molar-refractivity contribution in [3.8, 4) is 0 Å². The summed E-state index contributed by atoms with van der Waals surface area (Å²) in [6.45, 7) is 1.44. The molecule has 0 N–H and O–H groups in total. The van der Waals surface area contributed by atoms with Gasteiger partial charge in [-0.1, -0.05) is 12.1 Å². The molecule has 4 nitrogen and oxygen atoms in total. The van der Waals surface area contributed by atoms with Gasteiger partial charge in [0.25, 0.3) is 11.8 Å². The van der Waals surface area contributed by atoms with Crippen LogP contribution in [-0.2, 0) is 0 Å². The molecule has 3 aromatic rings. The van der Waals surface area contributed by atoms with E-state index >= 15 is 0 Å². The molecule has 0 aliphatic carbocycles. The SMILES string of the molecule is C[C@@H](c1c(F)cc2ncccc2c1F)N1C(=O)c2ccccc2C1=O. The molecule has 2 amide bonds. The second kappa shape index (κ2) is 5.44. The third-order valence-corrected chi connectivity index (χ3v) is 4.46. The quantitative estimate of drug-likeness (QED) is 0.667. The zero-order chi connectivity index (χ0) is 17.7. The van der Waals surface area contributed by atoms with E-state index in [-0.39, 0.29) is 27.6 Å². The molecule has 0 unspecified atom stereocenters. The molecule has 4 rings (SSSR count). The van der Waals surface area contributed by atoms with Gasteiger partial charge in [-0.2, -0.15) is 0 Å². The second-order valence-corrected chi connectivity index (χ2v) is 5.86. The number of carbonyl (C=O) groups excluding carboxylic acids is 2. The van der Waals surface area contributed by atoms with Crippen molar-refractivity contribution >= 4 is 22.7 Å². The minimum Gasteiger partial charge on any atom is -0.269 e. The molecular formula is C19H12F2N2O2. The third-order valence-electron chi connectivity index (χ3n) is 4.46. The zero-order valence-corrected chi connectivity index (χ0v) is 13.2. The van der Waals surface area contributed by atoms with E-state index < -0.39 is 29.5 Å². The first-order valence-electron chi connectivity index (χ1n) is 7.70. The number of carbonyl (C=O) groups is 2. The van der Waals surface area contributed by atoms with Gasteiger partial charge in [0.05, 0.1) is 22.7 Å². The van der Waals surface area contributed by atoms with Gasteiger partial charge in [0.1, 0.15) is 11.6 Å². The number of nitrogens with zero attached hydrogens (tertiary/aromatic N) is 2. The van der Waals surface area contributed by atoms with E-state index in [2.05, 4.69) is 4.98 Å². The van der Waals surface area contributed by atoms with Crippen LogP contribution in [-0.4, -0.2) is 21.7 Å². The highest BCUT2D eigenvalue weighted by Crippen LogP contribution is 2.35. The summed E-state index contributed by atoms with van der Waals surface area (Å²) >= 11 is 0. The van der Waals surface area contributed by atoms with Crippen LogP contribution in [0.4, 0.5) is 8.78 Å². The summed E-state index contributed by atoms with van der Waals surface area (Å²) in [5.74, 6) is -2.77. The average Bonchev–Trinajstić information content (AvgIpc) is 2.86. The molecule has 25 heavy (non-hydrogen) atoms. The molecule has 124 valence electrons. The van der Waals surface area contributed by atoms with Crippen LogP contribution in [0.2, 0.25) is 0 Å². The maximum Gasteiger partial charge on any atom is 0.262 e. The van der Waals surface area contributed by atoms with Crippen LogP contribution >= 0.6 is 0 Å². The number of fused-ring (bicyclic) bond motifs is 2. The first kappa shape index (κ1) is 15.4. The Morgan fingerprint density at radius 1 is 1.00 bits per heavy atom. The minimum absolute atomic E-state index is 0.141. The standard InChI is InChI=1S/C19H12F2N2O2/c1-10(23-18(24)11-5-2-3-6-12(11)19(23)25)16-14(20)9-15-13(17(16)21)7-4-8-22-15/h2-10H,1H3/t10-/m0/s1. The van der Waals surface area contributed by atoms with E-state index in [0.717, 1.165) is 11.0 Å². The Hall–Kier alpha value is -3.15. The van der Waals surface area contributed by atoms with Crippen molar-refractivity contribution in [1.29, 1.82) is 0 Å². The molecule has 2 heterocycles. The Kier molecular flexibility index (Phi) is 3.35. The lowest BCUT2D eigenvalue weighted by Crippen LogP contribution is -2.33. The average molecular weight is 338 g/mol. The van der Waals surface area contributed by atoms with Gasteiger partial charge >= 0.3 is 0 Å². The molecule has 0 radical (unpaired) electrons. The number of pyridine rings is 1. The van der Waals surface area contributed by atoms with Gasteiger partial charge in [0, 0.05) is 23.2 Å².